The highest BCUT2D eigenvalue weighted by molar-refractivity contribution is 5.90. The molecule has 3 rings (SSSR count). The van der Waals surface area contributed by atoms with Gasteiger partial charge in [-0.15, -0.1) is 0 Å². The summed E-state index contributed by atoms with van der Waals surface area (Å²) < 4.78 is 19.7. The first-order valence-corrected chi connectivity index (χ1v) is 8.27. The van der Waals surface area contributed by atoms with Crippen LogP contribution in [-0.4, -0.2) is 63.9 Å². The third kappa shape index (κ3) is 4.18. The zero-order chi connectivity index (χ0) is 17.8. The van der Waals surface area contributed by atoms with Gasteiger partial charge in [0.05, 0.1) is 24.5 Å². The van der Waals surface area contributed by atoms with Crippen LogP contribution in [0, 0.1) is 5.82 Å². The predicted octanol–water partition coefficient (Wildman–Crippen LogP) is -0.365. The lowest BCUT2D eigenvalue weighted by molar-refractivity contribution is -0.117. The van der Waals surface area contributed by atoms with Crippen molar-refractivity contribution in [1.82, 2.24) is 10.6 Å². The minimum absolute atomic E-state index is 0.0159. The molecule has 0 saturated carbocycles. The van der Waals surface area contributed by atoms with Gasteiger partial charge in [0, 0.05) is 32.7 Å². The zero-order valence-corrected chi connectivity index (χ0v) is 13.8. The molecule has 1 atom stereocenters. The molecule has 2 amide bonds. The van der Waals surface area contributed by atoms with E-state index in [2.05, 4.69) is 10.6 Å². The van der Waals surface area contributed by atoms with Gasteiger partial charge in [-0.1, -0.05) is 0 Å². The van der Waals surface area contributed by atoms with Gasteiger partial charge in [-0.3, -0.25) is 9.69 Å². The van der Waals surface area contributed by atoms with Gasteiger partial charge in [-0.05, 0) is 18.2 Å². The highest BCUT2D eigenvalue weighted by atomic mass is 19.1. The van der Waals surface area contributed by atoms with Crippen LogP contribution in [-0.2, 0) is 9.53 Å². The maximum absolute atomic E-state index is 14.5. The number of piperazine rings is 1. The largest absolute Gasteiger partial charge is 0.443 e. The molecule has 0 aromatic heterocycles. The van der Waals surface area contributed by atoms with E-state index in [0.29, 0.717) is 17.9 Å². The van der Waals surface area contributed by atoms with E-state index in [-0.39, 0.29) is 18.9 Å². The summed E-state index contributed by atoms with van der Waals surface area (Å²) in [5, 5.41) is 6.04. The molecule has 1 aromatic carbocycles. The summed E-state index contributed by atoms with van der Waals surface area (Å²) in [6, 6.07) is 4.78. The second-order valence-corrected chi connectivity index (χ2v) is 6.09. The molecule has 2 fully saturated rings. The topological polar surface area (TPSA) is 99.9 Å². The maximum atomic E-state index is 14.5. The molecule has 9 heteroatoms. The van der Waals surface area contributed by atoms with Crippen LogP contribution in [0.3, 0.4) is 0 Å². The van der Waals surface area contributed by atoms with Gasteiger partial charge in [0.25, 0.3) is 0 Å². The van der Waals surface area contributed by atoms with E-state index in [1.807, 2.05) is 4.90 Å². The van der Waals surface area contributed by atoms with E-state index in [1.54, 1.807) is 12.1 Å². The van der Waals surface area contributed by atoms with E-state index in [1.165, 1.54) is 11.0 Å². The lowest BCUT2D eigenvalue weighted by Crippen LogP contribution is -2.43. The minimum atomic E-state index is -0.528. The first-order chi connectivity index (χ1) is 12.0. The molecular weight excluding hydrogens is 329 g/mol. The molecule has 8 nitrogen and oxygen atoms in total. The molecule has 0 radical (unpaired) electrons. The van der Waals surface area contributed by atoms with Crippen LogP contribution in [0.2, 0.25) is 0 Å². The molecule has 25 heavy (non-hydrogen) atoms. The van der Waals surface area contributed by atoms with Gasteiger partial charge in [0.15, 0.2) is 0 Å². The Morgan fingerprint density at radius 3 is 2.84 bits per heavy atom. The smallest absolute Gasteiger partial charge is 0.414 e. The van der Waals surface area contributed by atoms with Crippen molar-refractivity contribution < 1.29 is 18.7 Å². The summed E-state index contributed by atoms with van der Waals surface area (Å²) in [4.78, 5) is 26.1. The van der Waals surface area contributed by atoms with Crippen LogP contribution < -0.4 is 26.2 Å². The third-order valence-corrected chi connectivity index (χ3v) is 4.25. The Morgan fingerprint density at radius 1 is 1.40 bits per heavy atom. The van der Waals surface area contributed by atoms with Crippen LogP contribution in [0.5, 0.6) is 0 Å². The van der Waals surface area contributed by atoms with Crippen LogP contribution in [0.1, 0.15) is 0 Å². The maximum Gasteiger partial charge on any atom is 0.414 e. The lowest BCUT2D eigenvalue weighted by atomic mass is 10.2. The molecule has 0 spiro atoms. The van der Waals surface area contributed by atoms with Crippen molar-refractivity contribution in [3.05, 3.63) is 24.0 Å². The number of halogens is 1. The second-order valence-electron chi connectivity index (χ2n) is 6.09. The monoisotopic (exact) mass is 351 g/mol. The minimum Gasteiger partial charge on any atom is -0.443 e. The fourth-order valence-corrected chi connectivity index (χ4v) is 3.02. The normalized spacial score (nSPS) is 20.7. The summed E-state index contributed by atoms with van der Waals surface area (Å²) in [5.74, 6) is -0.839. The molecule has 0 aliphatic carbocycles. The first-order valence-electron chi connectivity index (χ1n) is 8.27. The van der Waals surface area contributed by atoms with Gasteiger partial charge >= 0.3 is 6.09 Å². The van der Waals surface area contributed by atoms with E-state index < -0.39 is 18.1 Å². The van der Waals surface area contributed by atoms with Crippen molar-refractivity contribution in [2.75, 3.05) is 55.6 Å². The Bertz CT molecular complexity index is 651. The van der Waals surface area contributed by atoms with Gasteiger partial charge in [-0.2, -0.15) is 0 Å². The van der Waals surface area contributed by atoms with Crippen LogP contribution in [0.4, 0.5) is 20.6 Å². The second kappa shape index (κ2) is 7.66. The number of ether oxygens (including phenoxy) is 1. The Balaban J connectivity index is 1.64. The summed E-state index contributed by atoms with van der Waals surface area (Å²) >= 11 is 0. The molecule has 1 unspecified atom stereocenters. The number of cyclic esters (lactones) is 1. The standard InChI is InChI=1S/C16H22FN5O3/c17-13-7-11(1-2-14(13)21-5-3-19-4-6-21)22-10-12(25-16(22)24)8-20-9-15(18)23/h1-2,7,12,19-20H,3-6,8-10H2,(H2,18,23). The SMILES string of the molecule is NC(=O)CNCC1CN(c2ccc(N3CCNCC3)c(F)c2)C(=O)O1. The molecule has 4 N–H and O–H groups in total. The highest BCUT2D eigenvalue weighted by Gasteiger charge is 2.32. The third-order valence-electron chi connectivity index (χ3n) is 4.25. The summed E-state index contributed by atoms with van der Waals surface area (Å²) in [6.45, 7) is 3.75. The summed E-state index contributed by atoms with van der Waals surface area (Å²) in [6.07, 6.45) is -0.942. The molecule has 0 bridgehead atoms. The van der Waals surface area contributed by atoms with Crippen LogP contribution in [0.25, 0.3) is 0 Å². The summed E-state index contributed by atoms with van der Waals surface area (Å²) in [7, 11) is 0. The number of hydrogen-bond acceptors (Lipinski definition) is 6. The van der Waals surface area contributed by atoms with Gasteiger partial charge in [-0.25, -0.2) is 9.18 Å². The van der Waals surface area contributed by atoms with Crippen LogP contribution >= 0.6 is 0 Å². The fourth-order valence-electron chi connectivity index (χ4n) is 3.02. The number of carbonyl (C=O) groups is 2. The quantitative estimate of drug-likeness (QED) is 0.647. The van der Waals surface area contributed by atoms with Crippen molar-refractivity contribution in [2.24, 2.45) is 5.73 Å². The van der Waals surface area contributed by atoms with Crippen molar-refractivity contribution >= 4 is 23.4 Å². The van der Waals surface area contributed by atoms with E-state index >= 15 is 0 Å². The van der Waals surface area contributed by atoms with Gasteiger partial charge in [0.1, 0.15) is 11.9 Å². The number of anilines is 2. The van der Waals surface area contributed by atoms with E-state index in [9.17, 15) is 14.0 Å². The number of hydrogen-bond donors (Lipinski definition) is 3. The van der Waals surface area contributed by atoms with Gasteiger partial charge in [0.2, 0.25) is 5.91 Å². The van der Waals surface area contributed by atoms with Crippen molar-refractivity contribution in [3.8, 4) is 0 Å². The molecule has 2 aliphatic heterocycles. The Labute approximate surface area is 145 Å². The van der Waals surface area contributed by atoms with E-state index in [4.69, 9.17) is 10.5 Å². The Morgan fingerprint density at radius 2 is 2.16 bits per heavy atom. The first kappa shape index (κ1) is 17.4. The molecule has 136 valence electrons. The zero-order valence-electron chi connectivity index (χ0n) is 13.8. The average molecular weight is 351 g/mol. The molecular formula is C16H22FN5O3. The molecule has 1 aromatic rings. The molecule has 2 heterocycles. The number of benzene rings is 1. The fraction of sp³-hybridized carbons (Fsp3) is 0.500. The average Bonchev–Trinajstić information content (AvgIpc) is 2.96. The van der Waals surface area contributed by atoms with Crippen molar-refractivity contribution in [1.29, 1.82) is 0 Å². The van der Waals surface area contributed by atoms with Crippen molar-refractivity contribution in [3.63, 3.8) is 0 Å². The number of nitrogens with two attached hydrogens (primary N) is 1. The number of carbonyl (C=O) groups excluding carboxylic acids is 2. The lowest BCUT2D eigenvalue weighted by Gasteiger charge is -2.30. The van der Waals surface area contributed by atoms with Crippen molar-refractivity contribution in [2.45, 2.75) is 6.10 Å². The van der Waals surface area contributed by atoms with Gasteiger partial charge < -0.3 is 26.0 Å². The summed E-state index contributed by atoms with van der Waals surface area (Å²) in [5.41, 5.74) is 6.04. The molecule has 2 saturated heterocycles. The number of amides is 2. The Kier molecular flexibility index (Phi) is 5.34. The predicted molar refractivity (Wildman–Crippen MR) is 91.2 cm³/mol. The molecule has 2 aliphatic rings. The Hall–Kier alpha value is -2.39. The highest BCUT2D eigenvalue weighted by Crippen LogP contribution is 2.28. The van der Waals surface area contributed by atoms with E-state index in [0.717, 1.165) is 26.2 Å². The van der Waals surface area contributed by atoms with Crippen LogP contribution in [0.15, 0.2) is 18.2 Å². The number of nitrogens with zero attached hydrogens (tertiary/aromatic N) is 2. The number of rotatable bonds is 6. The number of nitrogens with one attached hydrogen (secondary N) is 2. The number of primary amides is 1.